The number of benzene rings is 1. The van der Waals surface area contributed by atoms with E-state index in [1.165, 1.54) is 11.6 Å². The summed E-state index contributed by atoms with van der Waals surface area (Å²) in [6.07, 6.45) is 2.90. The first-order valence-electron chi connectivity index (χ1n) is 5.86. The van der Waals surface area contributed by atoms with Crippen LogP contribution in [-0.4, -0.2) is 13.1 Å². The number of halogens is 2. The summed E-state index contributed by atoms with van der Waals surface area (Å²) >= 11 is 5.90. The molecule has 0 amide bonds. The van der Waals surface area contributed by atoms with Crippen LogP contribution in [0, 0.1) is 11.2 Å². The van der Waals surface area contributed by atoms with Gasteiger partial charge in [0.2, 0.25) is 0 Å². The van der Waals surface area contributed by atoms with Gasteiger partial charge in [-0.15, -0.1) is 0 Å². The van der Waals surface area contributed by atoms with Crippen molar-refractivity contribution >= 4 is 17.7 Å². The summed E-state index contributed by atoms with van der Waals surface area (Å²) in [5.41, 5.74) is 1.94. The molecule has 1 fully saturated rings. The molecule has 0 bridgehead atoms. The molecule has 92 valence electrons. The third-order valence-electron chi connectivity index (χ3n) is 3.30. The standard InChI is InChI=1S/C14H17ClFN/c1-14(2)9-17-6-5-11(14)7-10-8-12(15)3-4-13(10)16/h3-4,7-8,17H,5-6,9H2,1-2H3/b11-7+. The molecule has 1 heterocycles. The van der Waals surface area contributed by atoms with Crippen molar-refractivity contribution in [2.75, 3.05) is 13.1 Å². The lowest BCUT2D eigenvalue weighted by Crippen LogP contribution is -2.37. The average Bonchev–Trinajstić information content (AvgIpc) is 2.26. The normalized spacial score (nSPS) is 21.8. The Kier molecular flexibility index (Phi) is 3.55. The van der Waals surface area contributed by atoms with Gasteiger partial charge in [0, 0.05) is 17.1 Å². The van der Waals surface area contributed by atoms with Crippen molar-refractivity contribution in [3.05, 3.63) is 40.2 Å². The molecule has 1 nitrogen and oxygen atoms in total. The number of piperidine rings is 1. The van der Waals surface area contributed by atoms with Crippen molar-refractivity contribution in [1.29, 1.82) is 0 Å². The number of hydrogen-bond acceptors (Lipinski definition) is 1. The zero-order chi connectivity index (χ0) is 12.5. The SMILES string of the molecule is CC1(C)CNCC/C1=C\c1cc(Cl)ccc1F. The summed E-state index contributed by atoms with van der Waals surface area (Å²) in [5, 5.41) is 3.93. The zero-order valence-electron chi connectivity index (χ0n) is 10.2. The van der Waals surface area contributed by atoms with Crippen LogP contribution in [0.1, 0.15) is 25.8 Å². The topological polar surface area (TPSA) is 12.0 Å². The molecule has 1 aromatic rings. The van der Waals surface area contributed by atoms with Gasteiger partial charge in [-0.05, 0) is 36.6 Å². The highest BCUT2D eigenvalue weighted by molar-refractivity contribution is 6.30. The van der Waals surface area contributed by atoms with Crippen LogP contribution in [0.5, 0.6) is 0 Å². The molecule has 0 atom stereocenters. The van der Waals surface area contributed by atoms with Gasteiger partial charge in [0.25, 0.3) is 0 Å². The second kappa shape index (κ2) is 4.79. The molecular formula is C14H17ClFN. The van der Waals surface area contributed by atoms with E-state index < -0.39 is 0 Å². The molecule has 0 radical (unpaired) electrons. The molecule has 3 heteroatoms. The summed E-state index contributed by atoms with van der Waals surface area (Å²) in [6, 6.07) is 4.68. The number of nitrogens with one attached hydrogen (secondary N) is 1. The van der Waals surface area contributed by atoms with E-state index in [1.807, 2.05) is 6.08 Å². The van der Waals surface area contributed by atoms with Crippen LogP contribution in [0.15, 0.2) is 23.8 Å². The van der Waals surface area contributed by atoms with E-state index in [1.54, 1.807) is 12.1 Å². The fourth-order valence-corrected chi connectivity index (χ4v) is 2.34. The summed E-state index contributed by atoms with van der Waals surface area (Å²) in [5.74, 6) is -0.212. The maximum atomic E-state index is 13.7. The van der Waals surface area contributed by atoms with E-state index in [9.17, 15) is 4.39 Å². The molecule has 0 spiro atoms. The molecule has 1 aromatic carbocycles. The Balaban J connectivity index is 2.37. The monoisotopic (exact) mass is 253 g/mol. The van der Waals surface area contributed by atoms with Gasteiger partial charge in [0.15, 0.2) is 0 Å². The Morgan fingerprint density at radius 3 is 2.88 bits per heavy atom. The lowest BCUT2D eigenvalue weighted by Gasteiger charge is -2.33. The van der Waals surface area contributed by atoms with Gasteiger partial charge in [-0.1, -0.05) is 37.1 Å². The second-order valence-corrected chi connectivity index (χ2v) is 5.58. The van der Waals surface area contributed by atoms with Crippen molar-refractivity contribution < 1.29 is 4.39 Å². The van der Waals surface area contributed by atoms with Gasteiger partial charge in [-0.3, -0.25) is 0 Å². The van der Waals surface area contributed by atoms with Crippen LogP contribution in [0.25, 0.3) is 6.08 Å². The molecule has 0 unspecified atom stereocenters. The number of hydrogen-bond donors (Lipinski definition) is 1. The van der Waals surface area contributed by atoms with Crippen molar-refractivity contribution in [3.63, 3.8) is 0 Å². The van der Waals surface area contributed by atoms with Crippen LogP contribution in [-0.2, 0) is 0 Å². The fourth-order valence-electron chi connectivity index (χ4n) is 2.16. The van der Waals surface area contributed by atoms with Gasteiger partial charge >= 0.3 is 0 Å². The third-order valence-corrected chi connectivity index (χ3v) is 3.53. The highest BCUT2D eigenvalue weighted by atomic mass is 35.5. The molecule has 0 aliphatic carbocycles. The van der Waals surface area contributed by atoms with Crippen molar-refractivity contribution in [2.45, 2.75) is 20.3 Å². The molecule has 2 rings (SSSR count). The van der Waals surface area contributed by atoms with Gasteiger partial charge < -0.3 is 5.32 Å². The lowest BCUT2D eigenvalue weighted by atomic mass is 9.79. The Bertz CT molecular complexity index is 452. The maximum absolute atomic E-state index is 13.7. The van der Waals surface area contributed by atoms with E-state index in [0.29, 0.717) is 10.6 Å². The average molecular weight is 254 g/mol. The highest BCUT2D eigenvalue weighted by Gasteiger charge is 2.26. The second-order valence-electron chi connectivity index (χ2n) is 5.15. The fraction of sp³-hybridized carbons (Fsp3) is 0.429. The maximum Gasteiger partial charge on any atom is 0.130 e. The van der Waals surface area contributed by atoms with Crippen LogP contribution in [0.2, 0.25) is 5.02 Å². The molecule has 1 aliphatic rings. The summed E-state index contributed by atoms with van der Waals surface area (Å²) in [7, 11) is 0. The predicted molar refractivity (Wildman–Crippen MR) is 70.7 cm³/mol. The van der Waals surface area contributed by atoms with E-state index in [-0.39, 0.29) is 11.2 Å². The van der Waals surface area contributed by atoms with E-state index in [4.69, 9.17) is 11.6 Å². The van der Waals surface area contributed by atoms with E-state index in [0.717, 1.165) is 19.5 Å². The van der Waals surface area contributed by atoms with Crippen LogP contribution in [0.4, 0.5) is 4.39 Å². The summed E-state index contributed by atoms with van der Waals surface area (Å²) in [6.45, 7) is 6.24. The van der Waals surface area contributed by atoms with E-state index in [2.05, 4.69) is 19.2 Å². The van der Waals surface area contributed by atoms with Gasteiger partial charge in [-0.25, -0.2) is 4.39 Å². The van der Waals surface area contributed by atoms with Gasteiger partial charge in [0.05, 0.1) is 0 Å². The van der Waals surface area contributed by atoms with Crippen molar-refractivity contribution in [1.82, 2.24) is 5.32 Å². The number of rotatable bonds is 1. The Hall–Kier alpha value is -0.860. The first-order chi connectivity index (χ1) is 7.99. The Morgan fingerprint density at radius 2 is 2.18 bits per heavy atom. The lowest BCUT2D eigenvalue weighted by molar-refractivity contribution is 0.360. The largest absolute Gasteiger partial charge is 0.316 e. The first-order valence-corrected chi connectivity index (χ1v) is 6.24. The van der Waals surface area contributed by atoms with Crippen LogP contribution >= 0.6 is 11.6 Å². The molecule has 0 aromatic heterocycles. The highest BCUT2D eigenvalue weighted by Crippen LogP contribution is 2.33. The van der Waals surface area contributed by atoms with Crippen LogP contribution in [0.3, 0.4) is 0 Å². The van der Waals surface area contributed by atoms with Crippen LogP contribution < -0.4 is 5.32 Å². The van der Waals surface area contributed by atoms with Gasteiger partial charge in [-0.2, -0.15) is 0 Å². The minimum Gasteiger partial charge on any atom is -0.316 e. The molecule has 1 N–H and O–H groups in total. The minimum atomic E-state index is -0.212. The zero-order valence-corrected chi connectivity index (χ0v) is 10.9. The predicted octanol–water partition coefficient (Wildman–Crippen LogP) is 3.88. The molecule has 1 aliphatic heterocycles. The molecular weight excluding hydrogens is 237 g/mol. The molecule has 1 saturated heterocycles. The smallest absolute Gasteiger partial charge is 0.130 e. The third kappa shape index (κ3) is 2.88. The quantitative estimate of drug-likeness (QED) is 0.801. The first kappa shape index (κ1) is 12.6. The Morgan fingerprint density at radius 1 is 1.41 bits per heavy atom. The van der Waals surface area contributed by atoms with Crippen molar-refractivity contribution in [2.24, 2.45) is 5.41 Å². The summed E-state index contributed by atoms with van der Waals surface area (Å²) in [4.78, 5) is 0. The summed E-state index contributed by atoms with van der Waals surface area (Å²) < 4.78 is 13.7. The van der Waals surface area contributed by atoms with E-state index >= 15 is 0 Å². The van der Waals surface area contributed by atoms with Gasteiger partial charge in [0.1, 0.15) is 5.82 Å². The van der Waals surface area contributed by atoms with Crippen molar-refractivity contribution in [3.8, 4) is 0 Å². The molecule has 0 saturated carbocycles. The molecule has 17 heavy (non-hydrogen) atoms. The minimum absolute atomic E-state index is 0.0764. The Labute approximate surface area is 107 Å².